The zero-order valence-electron chi connectivity index (χ0n) is 14.5. The molecular formula is C20H22N4O2. The first-order chi connectivity index (χ1) is 12.6. The number of hydrogen-bond donors (Lipinski definition) is 2. The van der Waals surface area contributed by atoms with Gasteiger partial charge in [-0.05, 0) is 24.1 Å². The van der Waals surface area contributed by atoms with E-state index in [0.29, 0.717) is 31.4 Å². The molecule has 0 radical (unpaired) electrons. The van der Waals surface area contributed by atoms with E-state index in [2.05, 4.69) is 5.10 Å². The van der Waals surface area contributed by atoms with Crippen LogP contribution in [0.5, 0.6) is 0 Å². The molecule has 3 N–H and O–H groups in total. The summed E-state index contributed by atoms with van der Waals surface area (Å²) in [5.74, 6) is 0.0619. The van der Waals surface area contributed by atoms with Crippen molar-refractivity contribution in [3.8, 4) is 0 Å². The Labute approximate surface area is 151 Å². The first-order valence-electron chi connectivity index (χ1n) is 8.87. The number of para-hydroxylation sites is 1. The molecule has 0 saturated carbocycles. The third-order valence-corrected chi connectivity index (χ3v) is 5.23. The fraction of sp³-hybridized carbons (Fsp3) is 0.300. The Morgan fingerprint density at radius 3 is 2.65 bits per heavy atom. The molecule has 1 aliphatic heterocycles. The minimum absolute atomic E-state index is 0.0619. The topological polar surface area (TPSA) is 84.1 Å². The Morgan fingerprint density at radius 2 is 1.85 bits per heavy atom. The van der Waals surface area contributed by atoms with Crippen molar-refractivity contribution in [2.45, 2.75) is 24.9 Å². The predicted octanol–water partition coefficient (Wildman–Crippen LogP) is 1.81. The number of aryl methyl sites for hydroxylation is 1. The Balaban J connectivity index is 1.44. The van der Waals surface area contributed by atoms with Crippen molar-refractivity contribution in [3.63, 3.8) is 0 Å². The van der Waals surface area contributed by atoms with E-state index in [0.717, 1.165) is 17.5 Å². The summed E-state index contributed by atoms with van der Waals surface area (Å²) in [6.07, 6.45) is 1.09. The van der Waals surface area contributed by atoms with Crippen LogP contribution < -0.4 is 11.3 Å². The fourth-order valence-electron chi connectivity index (χ4n) is 3.74. The number of likely N-dealkylation sites (tertiary alicyclic amines) is 1. The third kappa shape index (κ3) is 2.93. The second kappa shape index (κ2) is 6.46. The number of nitrogens with zero attached hydrogens (tertiary/aromatic N) is 2. The number of aromatic nitrogens is 2. The van der Waals surface area contributed by atoms with Crippen molar-refractivity contribution in [2.75, 3.05) is 13.1 Å². The minimum atomic E-state index is -0.481. The summed E-state index contributed by atoms with van der Waals surface area (Å²) in [6, 6.07) is 17.3. The van der Waals surface area contributed by atoms with Gasteiger partial charge in [0, 0.05) is 26.1 Å². The molecule has 0 bridgehead atoms. The van der Waals surface area contributed by atoms with Crippen molar-refractivity contribution >= 4 is 16.8 Å². The summed E-state index contributed by atoms with van der Waals surface area (Å²) in [6.45, 7) is 1.63. The summed E-state index contributed by atoms with van der Waals surface area (Å²) in [5.41, 5.74) is 7.83. The highest BCUT2D eigenvalue weighted by Crippen LogP contribution is 2.29. The highest BCUT2D eigenvalue weighted by atomic mass is 16.2. The average Bonchev–Trinajstić information content (AvgIpc) is 3.23. The molecule has 1 aliphatic rings. The SMILES string of the molecule is NC1(c2ccccc2)CCN(C(=O)CCn2[nH]c(=O)c3ccccc32)C1. The number of H-pyrrole nitrogens is 1. The molecule has 1 unspecified atom stereocenters. The molecule has 1 atom stereocenters. The first-order valence-corrected chi connectivity index (χ1v) is 8.87. The van der Waals surface area contributed by atoms with Crippen LogP contribution in [-0.2, 0) is 16.9 Å². The molecule has 134 valence electrons. The fourth-order valence-corrected chi connectivity index (χ4v) is 3.74. The third-order valence-electron chi connectivity index (χ3n) is 5.23. The molecule has 2 heterocycles. The summed E-state index contributed by atoms with van der Waals surface area (Å²) >= 11 is 0. The molecular weight excluding hydrogens is 328 g/mol. The molecule has 3 aromatic rings. The van der Waals surface area contributed by atoms with Gasteiger partial charge in [0.1, 0.15) is 0 Å². The van der Waals surface area contributed by atoms with E-state index in [1.54, 1.807) is 10.7 Å². The van der Waals surface area contributed by atoms with Crippen LogP contribution >= 0.6 is 0 Å². The van der Waals surface area contributed by atoms with Gasteiger partial charge in [0.15, 0.2) is 0 Å². The first kappa shape index (κ1) is 16.6. The van der Waals surface area contributed by atoms with Gasteiger partial charge in [-0.3, -0.25) is 19.4 Å². The van der Waals surface area contributed by atoms with Gasteiger partial charge in [-0.15, -0.1) is 0 Å². The van der Waals surface area contributed by atoms with Crippen LogP contribution in [0, 0.1) is 0 Å². The van der Waals surface area contributed by atoms with Crippen LogP contribution in [-0.4, -0.2) is 33.7 Å². The van der Waals surface area contributed by atoms with Gasteiger partial charge in [0.25, 0.3) is 5.56 Å². The number of rotatable bonds is 4. The van der Waals surface area contributed by atoms with Gasteiger partial charge >= 0.3 is 0 Å². The highest BCUT2D eigenvalue weighted by Gasteiger charge is 2.37. The van der Waals surface area contributed by atoms with Crippen molar-refractivity contribution in [1.82, 2.24) is 14.7 Å². The molecule has 6 nitrogen and oxygen atoms in total. The Bertz CT molecular complexity index is 992. The monoisotopic (exact) mass is 350 g/mol. The van der Waals surface area contributed by atoms with Gasteiger partial charge in [-0.2, -0.15) is 0 Å². The van der Waals surface area contributed by atoms with Crippen LogP contribution in [0.15, 0.2) is 59.4 Å². The van der Waals surface area contributed by atoms with Gasteiger partial charge in [0.2, 0.25) is 5.91 Å². The number of fused-ring (bicyclic) bond motifs is 1. The van der Waals surface area contributed by atoms with E-state index in [1.165, 1.54) is 0 Å². The van der Waals surface area contributed by atoms with E-state index >= 15 is 0 Å². The van der Waals surface area contributed by atoms with E-state index in [9.17, 15) is 9.59 Å². The van der Waals surface area contributed by atoms with Crippen molar-refractivity contribution in [1.29, 1.82) is 0 Å². The number of hydrogen-bond acceptors (Lipinski definition) is 3. The van der Waals surface area contributed by atoms with E-state index < -0.39 is 5.54 Å². The zero-order valence-corrected chi connectivity index (χ0v) is 14.5. The molecule has 1 aromatic heterocycles. The molecule has 0 aliphatic carbocycles. The summed E-state index contributed by atoms with van der Waals surface area (Å²) < 4.78 is 1.75. The van der Waals surface area contributed by atoms with E-state index in [1.807, 2.05) is 53.4 Å². The lowest BCUT2D eigenvalue weighted by molar-refractivity contribution is -0.130. The lowest BCUT2D eigenvalue weighted by Gasteiger charge is -2.25. The maximum absolute atomic E-state index is 12.6. The van der Waals surface area contributed by atoms with Crippen molar-refractivity contribution in [3.05, 3.63) is 70.5 Å². The Hall–Kier alpha value is -2.86. The van der Waals surface area contributed by atoms with Crippen LogP contribution in [0.3, 0.4) is 0 Å². The number of carbonyl (C=O) groups is 1. The molecule has 2 aromatic carbocycles. The largest absolute Gasteiger partial charge is 0.340 e. The minimum Gasteiger partial charge on any atom is -0.340 e. The summed E-state index contributed by atoms with van der Waals surface area (Å²) in [7, 11) is 0. The normalized spacial score (nSPS) is 20.0. The van der Waals surface area contributed by atoms with Crippen LogP contribution in [0.1, 0.15) is 18.4 Å². The number of nitrogens with two attached hydrogens (primary N) is 1. The smallest absolute Gasteiger partial charge is 0.271 e. The molecule has 26 heavy (non-hydrogen) atoms. The standard InChI is InChI=1S/C20H22N4O2/c21-20(15-6-2-1-3-7-15)11-13-23(14-20)18(25)10-12-24-17-9-5-4-8-16(17)19(26)22-24/h1-9H,10-14,21H2,(H,22,26). The van der Waals surface area contributed by atoms with Crippen LogP contribution in [0.25, 0.3) is 10.9 Å². The lowest BCUT2D eigenvalue weighted by Crippen LogP contribution is -2.41. The molecule has 1 saturated heterocycles. The van der Waals surface area contributed by atoms with E-state index in [4.69, 9.17) is 5.73 Å². The Kier molecular flexibility index (Phi) is 4.12. The summed E-state index contributed by atoms with van der Waals surface area (Å²) in [5, 5.41) is 3.45. The predicted molar refractivity (Wildman–Crippen MR) is 101 cm³/mol. The van der Waals surface area contributed by atoms with Crippen LogP contribution in [0.2, 0.25) is 0 Å². The zero-order chi connectivity index (χ0) is 18.1. The highest BCUT2D eigenvalue weighted by molar-refractivity contribution is 5.79. The average molecular weight is 350 g/mol. The van der Waals surface area contributed by atoms with Crippen molar-refractivity contribution < 1.29 is 4.79 Å². The molecule has 1 fully saturated rings. The quantitative estimate of drug-likeness (QED) is 0.753. The maximum Gasteiger partial charge on any atom is 0.271 e. The number of benzene rings is 2. The second-order valence-electron chi connectivity index (χ2n) is 6.95. The number of carbonyl (C=O) groups excluding carboxylic acids is 1. The van der Waals surface area contributed by atoms with Gasteiger partial charge in [-0.1, -0.05) is 42.5 Å². The summed E-state index contributed by atoms with van der Waals surface area (Å²) in [4.78, 5) is 26.4. The number of aromatic amines is 1. The van der Waals surface area contributed by atoms with Gasteiger partial charge < -0.3 is 10.6 Å². The molecule has 1 amide bonds. The van der Waals surface area contributed by atoms with Crippen LogP contribution in [0.4, 0.5) is 0 Å². The number of nitrogens with one attached hydrogen (secondary N) is 1. The number of amides is 1. The van der Waals surface area contributed by atoms with E-state index in [-0.39, 0.29) is 11.5 Å². The van der Waals surface area contributed by atoms with Gasteiger partial charge in [-0.25, -0.2) is 0 Å². The maximum atomic E-state index is 12.6. The lowest BCUT2D eigenvalue weighted by atomic mass is 9.90. The van der Waals surface area contributed by atoms with Crippen molar-refractivity contribution in [2.24, 2.45) is 5.73 Å². The molecule has 4 rings (SSSR count). The molecule has 0 spiro atoms. The Morgan fingerprint density at radius 1 is 1.12 bits per heavy atom. The second-order valence-corrected chi connectivity index (χ2v) is 6.95. The molecule has 6 heteroatoms. The van der Waals surface area contributed by atoms with Gasteiger partial charge in [0.05, 0.1) is 16.4 Å².